The molecule has 0 aliphatic carbocycles. The quantitative estimate of drug-likeness (QED) is 0.637. The summed E-state index contributed by atoms with van der Waals surface area (Å²) in [5.74, 6) is 0.0831. The van der Waals surface area contributed by atoms with Crippen molar-refractivity contribution in [3.8, 4) is 5.75 Å². The highest BCUT2D eigenvalue weighted by Gasteiger charge is 1.99. The van der Waals surface area contributed by atoms with Crippen LogP contribution in [0.2, 0.25) is 0 Å². The molecule has 59 valence electrons. The molecule has 1 nitrogen and oxygen atoms in total. The van der Waals surface area contributed by atoms with Gasteiger partial charge in [0.15, 0.2) is 11.6 Å². The Morgan fingerprint density at radius 2 is 2.45 bits per heavy atom. The molecule has 0 unspecified atom stereocenters. The Labute approximate surface area is 69.7 Å². The van der Waals surface area contributed by atoms with E-state index in [0.717, 1.165) is 0 Å². The van der Waals surface area contributed by atoms with E-state index in [0.29, 0.717) is 12.5 Å². The second-order valence-corrected chi connectivity index (χ2v) is 2.26. The van der Waals surface area contributed by atoms with Gasteiger partial charge in [0.1, 0.15) is 6.61 Å². The number of hydrogen-bond acceptors (Lipinski definition) is 1. The summed E-state index contributed by atoms with van der Waals surface area (Å²) in [6.45, 7) is 0.316. The van der Waals surface area contributed by atoms with Crippen LogP contribution in [0.5, 0.6) is 5.75 Å². The van der Waals surface area contributed by atoms with E-state index in [1.165, 1.54) is 6.07 Å². The standard InChI is InChI=1S/C8H7ClFO/c9-5-6-11-8-4-2-1-3-7(8)10/h1-2,4H,5-6H2. The predicted molar refractivity (Wildman–Crippen MR) is 41.5 cm³/mol. The largest absolute Gasteiger partial charge is 0.489 e. The maximum atomic E-state index is 12.7. The lowest BCUT2D eigenvalue weighted by Crippen LogP contribution is -1.99. The average molecular weight is 174 g/mol. The Hall–Kier alpha value is -0.760. The Kier molecular flexibility index (Phi) is 3.17. The number of ether oxygens (including phenoxy) is 1. The summed E-state index contributed by atoms with van der Waals surface area (Å²) in [6, 6.07) is 7.06. The van der Waals surface area contributed by atoms with Crippen molar-refractivity contribution < 1.29 is 9.13 Å². The fourth-order valence-corrected chi connectivity index (χ4v) is 0.738. The first kappa shape index (κ1) is 8.34. The van der Waals surface area contributed by atoms with Gasteiger partial charge in [0.05, 0.1) is 5.88 Å². The smallest absolute Gasteiger partial charge is 0.172 e. The number of benzene rings is 1. The van der Waals surface area contributed by atoms with Gasteiger partial charge in [-0.1, -0.05) is 12.1 Å². The van der Waals surface area contributed by atoms with Crippen LogP contribution in [0.4, 0.5) is 4.39 Å². The Morgan fingerprint density at radius 3 is 3.09 bits per heavy atom. The predicted octanol–water partition coefficient (Wildman–Crippen LogP) is 2.24. The summed E-state index contributed by atoms with van der Waals surface area (Å²) < 4.78 is 17.6. The highest BCUT2D eigenvalue weighted by atomic mass is 35.5. The zero-order valence-electron chi connectivity index (χ0n) is 5.81. The second kappa shape index (κ2) is 4.19. The van der Waals surface area contributed by atoms with Crippen molar-refractivity contribution in [1.29, 1.82) is 0 Å². The SMILES string of the molecule is Fc1[c]cccc1OCCCl. The molecule has 0 aliphatic heterocycles. The van der Waals surface area contributed by atoms with Crippen LogP contribution in [-0.4, -0.2) is 12.5 Å². The summed E-state index contributed by atoms with van der Waals surface area (Å²) in [7, 11) is 0. The minimum Gasteiger partial charge on any atom is -0.489 e. The van der Waals surface area contributed by atoms with E-state index >= 15 is 0 Å². The lowest BCUT2D eigenvalue weighted by Gasteiger charge is -2.02. The lowest BCUT2D eigenvalue weighted by molar-refractivity contribution is 0.323. The molecule has 0 amide bonds. The maximum Gasteiger partial charge on any atom is 0.172 e. The fraction of sp³-hybridized carbons (Fsp3) is 0.250. The third-order valence-corrected chi connectivity index (χ3v) is 1.26. The summed E-state index contributed by atoms with van der Waals surface area (Å²) in [5, 5.41) is 0. The van der Waals surface area contributed by atoms with Crippen molar-refractivity contribution in [2.45, 2.75) is 0 Å². The average Bonchev–Trinajstić information content (AvgIpc) is 2.03. The van der Waals surface area contributed by atoms with Gasteiger partial charge in [0.2, 0.25) is 0 Å². The first-order chi connectivity index (χ1) is 5.34. The second-order valence-electron chi connectivity index (χ2n) is 1.89. The summed E-state index contributed by atoms with van der Waals surface area (Å²) >= 11 is 5.35. The molecule has 3 heteroatoms. The minimum absolute atomic E-state index is 0.202. The molecule has 0 saturated carbocycles. The van der Waals surface area contributed by atoms with Crippen LogP contribution in [0.1, 0.15) is 0 Å². The highest BCUT2D eigenvalue weighted by molar-refractivity contribution is 6.17. The van der Waals surface area contributed by atoms with E-state index in [4.69, 9.17) is 16.3 Å². The molecule has 0 aliphatic rings. The van der Waals surface area contributed by atoms with E-state index in [1.54, 1.807) is 12.1 Å². The Bertz CT molecular complexity index is 227. The van der Waals surface area contributed by atoms with E-state index in [9.17, 15) is 4.39 Å². The molecular weight excluding hydrogens is 167 g/mol. The molecule has 11 heavy (non-hydrogen) atoms. The van der Waals surface area contributed by atoms with E-state index in [2.05, 4.69) is 6.07 Å². The van der Waals surface area contributed by atoms with Gasteiger partial charge >= 0.3 is 0 Å². The topological polar surface area (TPSA) is 9.23 Å². The van der Waals surface area contributed by atoms with Crippen LogP contribution in [0, 0.1) is 11.9 Å². The number of hydrogen-bond donors (Lipinski definition) is 0. The number of alkyl halides is 1. The molecule has 0 spiro atoms. The van der Waals surface area contributed by atoms with Gasteiger partial charge in [-0.15, -0.1) is 11.6 Å². The third-order valence-electron chi connectivity index (χ3n) is 1.10. The van der Waals surface area contributed by atoms with Crippen LogP contribution >= 0.6 is 11.6 Å². The van der Waals surface area contributed by atoms with E-state index in [-0.39, 0.29) is 5.75 Å². The Morgan fingerprint density at radius 1 is 1.64 bits per heavy atom. The van der Waals surface area contributed by atoms with Gasteiger partial charge in [-0.3, -0.25) is 0 Å². The molecule has 0 aromatic heterocycles. The fourth-order valence-electron chi connectivity index (χ4n) is 0.661. The van der Waals surface area contributed by atoms with Crippen molar-refractivity contribution in [3.63, 3.8) is 0 Å². The van der Waals surface area contributed by atoms with Crippen LogP contribution < -0.4 is 4.74 Å². The minimum atomic E-state index is -0.474. The van der Waals surface area contributed by atoms with E-state index in [1.807, 2.05) is 0 Å². The maximum absolute atomic E-state index is 12.7. The number of rotatable bonds is 3. The molecule has 0 N–H and O–H groups in total. The molecule has 1 rings (SSSR count). The zero-order chi connectivity index (χ0) is 8.10. The molecular formula is C8H7ClFO. The molecule has 0 fully saturated rings. The molecule has 0 atom stereocenters. The van der Waals surface area contributed by atoms with Gasteiger partial charge < -0.3 is 4.74 Å². The summed E-state index contributed by atoms with van der Waals surface area (Å²) in [5.41, 5.74) is 0. The van der Waals surface area contributed by atoms with Crippen LogP contribution in [-0.2, 0) is 0 Å². The van der Waals surface area contributed by atoms with Gasteiger partial charge in [0.25, 0.3) is 0 Å². The van der Waals surface area contributed by atoms with Crippen molar-refractivity contribution in [3.05, 3.63) is 30.1 Å². The first-order valence-corrected chi connectivity index (χ1v) is 3.73. The highest BCUT2D eigenvalue weighted by Crippen LogP contribution is 2.14. The first-order valence-electron chi connectivity index (χ1n) is 3.19. The molecule has 0 heterocycles. The summed E-state index contributed by atoms with van der Waals surface area (Å²) in [6.07, 6.45) is 0. The van der Waals surface area contributed by atoms with Crippen LogP contribution in [0.3, 0.4) is 0 Å². The molecule has 1 aromatic rings. The van der Waals surface area contributed by atoms with Crippen molar-refractivity contribution in [1.82, 2.24) is 0 Å². The van der Waals surface area contributed by atoms with Gasteiger partial charge in [0, 0.05) is 6.07 Å². The molecule has 1 aromatic carbocycles. The monoisotopic (exact) mass is 173 g/mol. The van der Waals surface area contributed by atoms with Gasteiger partial charge in [-0.25, -0.2) is 4.39 Å². The molecule has 0 bridgehead atoms. The normalized spacial score (nSPS) is 9.64. The Balaban J connectivity index is 2.62. The molecule has 1 radical (unpaired) electrons. The number of halogens is 2. The van der Waals surface area contributed by atoms with Crippen molar-refractivity contribution >= 4 is 11.6 Å². The third kappa shape index (κ3) is 2.39. The molecule has 0 saturated heterocycles. The van der Waals surface area contributed by atoms with Gasteiger partial charge in [-0.2, -0.15) is 0 Å². The lowest BCUT2D eigenvalue weighted by atomic mass is 10.3. The van der Waals surface area contributed by atoms with E-state index < -0.39 is 5.82 Å². The van der Waals surface area contributed by atoms with Crippen molar-refractivity contribution in [2.24, 2.45) is 0 Å². The zero-order valence-corrected chi connectivity index (χ0v) is 6.57. The van der Waals surface area contributed by atoms with Crippen LogP contribution in [0.25, 0.3) is 0 Å². The van der Waals surface area contributed by atoms with Crippen molar-refractivity contribution in [2.75, 3.05) is 12.5 Å². The van der Waals surface area contributed by atoms with Crippen LogP contribution in [0.15, 0.2) is 18.2 Å². The van der Waals surface area contributed by atoms with Gasteiger partial charge in [-0.05, 0) is 6.07 Å². The summed E-state index contributed by atoms with van der Waals surface area (Å²) in [4.78, 5) is 0.